The van der Waals surface area contributed by atoms with E-state index in [0.717, 1.165) is 66.5 Å². The van der Waals surface area contributed by atoms with Crippen molar-refractivity contribution in [3.63, 3.8) is 0 Å². The Bertz CT molecular complexity index is 2750. The van der Waals surface area contributed by atoms with E-state index in [1.807, 2.05) is 42.5 Å². The van der Waals surface area contributed by atoms with Crippen LogP contribution in [0, 0.1) is 22.7 Å². The van der Waals surface area contributed by atoms with Gasteiger partial charge in [0.2, 0.25) is 0 Å². The molecular formula is C44H26N4. The summed E-state index contributed by atoms with van der Waals surface area (Å²) in [7, 11) is 0. The zero-order valence-electron chi connectivity index (χ0n) is 25.8. The maximum Gasteiger partial charge on any atom is 0.101 e. The number of rotatable bonds is 4. The Labute approximate surface area is 277 Å². The molecule has 2 heterocycles. The predicted octanol–water partition coefficient (Wildman–Crippen LogP) is 11.0. The lowest BCUT2D eigenvalue weighted by Gasteiger charge is -2.16. The highest BCUT2D eigenvalue weighted by atomic mass is 15.0. The molecule has 0 aliphatic rings. The van der Waals surface area contributed by atoms with Crippen molar-refractivity contribution in [2.75, 3.05) is 0 Å². The minimum Gasteiger partial charge on any atom is -0.309 e. The molecule has 4 nitrogen and oxygen atoms in total. The first-order chi connectivity index (χ1) is 23.7. The fraction of sp³-hybridized carbons (Fsp3) is 0. The van der Waals surface area contributed by atoms with E-state index >= 15 is 0 Å². The molecule has 2 aromatic heterocycles. The fourth-order valence-electron chi connectivity index (χ4n) is 7.30. The Balaban J connectivity index is 1.19. The first kappa shape index (κ1) is 27.4. The van der Waals surface area contributed by atoms with Gasteiger partial charge in [0.25, 0.3) is 0 Å². The molecule has 222 valence electrons. The summed E-state index contributed by atoms with van der Waals surface area (Å²) in [4.78, 5) is 0. The van der Waals surface area contributed by atoms with E-state index in [0.29, 0.717) is 11.1 Å². The minimum atomic E-state index is 0.623. The van der Waals surface area contributed by atoms with E-state index in [2.05, 4.69) is 137 Å². The summed E-state index contributed by atoms with van der Waals surface area (Å²) < 4.78 is 4.49. The lowest BCUT2D eigenvalue weighted by molar-refractivity contribution is 1.18. The van der Waals surface area contributed by atoms with Gasteiger partial charge in [0.1, 0.15) is 6.07 Å². The molecule has 0 saturated heterocycles. The molecule has 0 aliphatic carbocycles. The first-order valence-electron chi connectivity index (χ1n) is 15.9. The fourth-order valence-corrected chi connectivity index (χ4v) is 7.30. The van der Waals surface area contributed by atoms with Crippen LogP contribution >= 0.6 is 0 Å². The third kappa shape index (κ3) is 4.07. The molecule has 0 amide bonds. The van der Waals surface area contributed by atoms with E-state index < -0.39 is 0 Å². The van der Waals surface area contributed by atoms with Gasteiger partial charge < -0.3 is 9.13 Å². The van der Waals surface area contributed by atoms with Crippen LogP contribution in [0.5, 0.6) is 0 Å². The number of fused-ring (bicyclic) bond motifs is 6. The molecule has 0 saturated carbocycles. The van der Waals surface area contributed by atoms with Crippen LogP contribution < -0.4 is 0 Å². The second kappa shape index (κ2) is 10.9. The van der Waals surface area contributed by atoms with E-state index in [1.54, 1.807) is 0 Å². The van der Waals surface area contributed by atoms with Crippen molar-refractivity contribution in [3.8, 4) is 45.8 Å². The zero-order chi connectivity index (χ0) is 32.2. The third-order valence-electron chi connectivity index (χ3n) is 9.43. The van der Waals surface area contributed by atoms with Gasteiger partial charge in [-0.2, -0.15) is 10.5 Å². The average molecular weight is 611 g/mol. The van der Waals surface area contributed by atoms with Crippen LogP contribution in [0.3, 0.4) is 0 Å². The molecule has 0 atom stereocenters. The van der Waals surface area contributed by atoms with Crippen molar-refractivity contribution >= 4 is 43.6 Å². The number of nitriles is 2. The molecular weight excluding hydrogens is 585 g/mol. The van der Waals surface area contributed by atoms with Crippen molar-refractivity contribution in [1.29, 1.82) is 10.5 Å². The molecule has 7 aromatic carbocycles. The van der Waals surface area contributed by atoms with Crippen molar-refractivity contribution < 1.29 is 0 Å². The molecule has 0 fully saturated rings. The van der Waals surface area contributed by atoms with Crippen molar-refractivity contribution in [1.82, 2.24) is 9.13 Å². The number of para-hydroxylation sites is 5. The standard InChI is InChI=1S/C44H26N4/c45-27-31-21-20-30(29-22-24-33(25-23-29)47-40-16-5-3-13-36(40)38-15-9-10-32(28-46)44(38)47)26-39(31)37-14-4-8-19-43(37)48-41-17-6-1-11-34(41)35-12-2-7-18-42(35)48/h1-26H. The molecule has 4 heteroatoms. The van der Waals surface area contributed by atoms with Gasteiger partial charge in [0.05, 0.1) is 45.0 Å². The maximum atomic E-state index is 10.3. The molecule has 0 unspecified atom stereocenters. The van der Waals surface area contributed by atoms with Crippen molar-refractivity contribution in [3.05, 3.63) is 169 Å². The van der Waals surface area contributed by atoms with Crippen LogP contribution in [0.15, 0.2) is 158 Å². The highest BCUT2D eigenvalue weighted by molar-refractivity contribution is 6.11. The van der Waals surface area contributed by atoms with Gasteiger partial charge in [0, 0.05) is 38.4 Å². The summed E-state index contributed by atoms with van der Waals surface area (Å²) in [5.41, 5.74) is 11.4. The SMILES string of the molecule is N#Cc1ccc(-c2ccc(-n3c4ccccc4c4cccc(C#N)c43)cc2)cc1-c1ccccc1-n1c2ccccc2c2ccccc21. The number of hydrogen-bond acceptors (Lipinski definition) is 2. The lowest BCUT2D eigenvalue weighted by Crippen LogP contribution is -1.98. The third-order valence-corrected chi connectivity index (χ3v) is 9.43. The molecule has 48 heavy (non-hydrogen) atoms. The van der Waals surface area contributed by atoms with Gasteiger partial charge >= 0.3 is 0 Å². The van der Waals surface area contributed by atoms with Crippen LogP contribution in [0.2, 0.25) is 0 Å². The largest absolute Gasteiger partial charge is 0.309 e. The van der Waals surface area contributed by atoms with Crippen LogP contribution in [0.1, 0.15) is 11.1 Å². The van der Waals surface area contributed by atoms with E-state index in [9.17, 15) is 10.5 Å². The summed E-state index contributed by atoms with van der Waals surface area (Å²) in [6.45, 7) is 0. The van der Waals surface area contributed by atoms with Crippen molar-refractivity contribution in [2.24, 2.45) is 0 Å². The van der Waals surface area contributed by atoms with Crippen LogP contribution in [0.25, 0.3) is 77.2 Å². The molecule has 9 aromatic rings. The van der Waals surface area contributed by atoms with E-state index in [-0.39, 0.29) is 0 Å². The topological polar surface area (TPSA) is 57.4 Å². The Morgan fingerprint density at radius 2 is 0.938 bits per heavy atom. The molecule has 9 rings (SSSR count). The smallest absolute Gasteiger partial charge is 0.101 e. The lowest BCUT2D eigenvalue weighted by atomic mass is 9.94. The monoisotopic (exact) mass is 610 g/mol. The first-order valence-corrected chi connectivity index (χ1v) is 15.9. The number of benzene rings is 7. The molecule has 0 spiro atoms. The molecule has 0 bridgehead atoms. The highest BCUT2D eigenvalue weighted by Crippen LogP contribution is 2.39. The van der Waals surface area contributed by atoms with Gasteiger partial charge in [-0.25, -0.2) is 0 Å². The van der Waals surface area contributed by atoms with Gasteiger partial charge in [0.15, 0.2) is 0 Å². The Morgan fingerprint density at radius 1 is 0.396 bits per heavy atom. The summed E-state index contributed by atoms with van der Waals surface area (Å²) in [6.07, 6.45) is 0. The number of nitrogens with zero attached hydrogens (tertiary/aromatic N) is 4. The normalized spacial score (nSPS) is 11.3. The second-order valence-corrected chi connectivity index (χ2v) is 12.0. The van der Waals surface area contributed by atoms with Gasteiger partial charge in [-0.15, -0.1) is 0 Å². The van der Waals surface area contributed by atoms with E-state index in [4.69, 9.17) is 0 Å². The quantitative estimate of drug-likeness (QED) is 0.199. The average Bonchev–Trinajstić information content (AvgIpc) is 3.68. The van der Waals surface area contributed by atoms with Crippen LogP contribution in [-0.2, 0) is 0 Å². The summed E-state index contributed by atoms with van der Waals surface area (Å²) in [5, 5.41) is 24.8. The Morgan fingerprint density at radius 3 is 1.60 bits per heavy atom. The zero-order valence-corrected chi connectivity index (χ0v) is 25.8. The summed E-state index contributed by atoms with van der Waals surface area (Å²) >= 11 is 0. The molecule has 0 radical (unpaired) electrons. The van der Waals surface area contributed by atoms with Crippen LogP contribution in [0.4, 0.5) is 0 Å². The van der Waals surface area contributed by atoms with Gasteiger partial charge in [-0.3, -0.25) is 0 Å². The predicted molar refractivity (Wildman–Crippen MR) is 195 cm³/mol. The maximum absolute atomic E-state index is 10.3. The Kier molecular flexibility index (Phi) is 6.22. The van der Waals surface area contributed by atoms with Crippen molar-refractivity contribution in [2.45, 2.75) is 0 Å². The number of hydrogen-bond donors (Lipinski definition) is 0. The molecule has 0 N–H and O–H groups in total. The Hall–Kier alpha value is -6.88. The van der Waals surface area contributed by atoms with Gasteiger partial charge in [-0.05, 0) is 65.7 Å². The highest BCUT2D eigenvalue weighted by Gasteiger charge is 2.18. The van der Waals surface area contributed by atoms with Crippen LogP contribution in [-0.4, -0.2) is 9.13 Å². The van der Waals surface area contributed by atoms with E-state index in [1.165, 1.54) is 10.8 Å². The summed E-state index contributed by atoms with van der Waals surface area (Å²) in [5.74, 6) is 0. The second-order valence-electron chi connectivity index (χ2n) is 12.0. The van der Waals surface area contributed by atoms with Gasteiger partial charge in [-0.1, -0.05) is 103 Å². The number of aromatic nitrogens is 2. The summed E-state index contributed by atoms with van der Waals surface area (Å²) in [6, 6.07) is 58.9. The molecule has 0 aliphatic heterocycles. The minimum absolute atomic E-state index is 0.623.